The molecule has 7 nitrogen and oxygen atoms in total. The summed E-state index contributed by atoms with van der Waals surface area (Å²) in [5.41, 5.74) is 3.34. The number of nitrogens with one attached hydrogen (secondary N) is 2. The van der Waals surface area contributed by atoms with E-state index in [1.807, 2.05) is 63.5 Å². The van der Waals surface area contributed by atoms with E-state index in [9.17, 15) is 10.1 Å². The Labute approximate surface area is 207 Å². The number of carbonyl (C=O) groups excluding carboxylic acids is 1. The van der Waals surface area contributed by atoms with Gasteiger partial charge in [0.05, 0.1) is 11.6 Å². The fourth-order valence-electron chi connectivity index (χ4n) is 4.40. The highest BCUT2D eigenvalue weighted by Gasteiger charge is 2.21. The van der Waals surface area contributed by atoms with Crippen molar-refractivity contribution in [1.82, 2.24) is 15.2 Å². The van der Waals surface area contributed by atoms with Crippen LogP contribution in [0.25, 0.3) is 21.9 Å². The van der Waals surface area contributed by atoms with Crippen molar-refractivity contribution in [3.63, 3.8) is 0 Å². The first-order valence-corrected chi connectivity index (χ1v) is 12.1. The van der Waals surface area contributed by atoms with Gasteiger partial charge in [-0.3, -0.25) is 4.98 Å². The molecule has 2 aromatic carbocycles. The maximum atomic E-state index is 11.8. The molecule has 4 rings (SSSR count). The Hall–Kier alpha value is -3.63. The first-order chi connectivity index (χ1) is 16.8. The van der Waals surface area contributed by atoms with E-state index in [1.54, 1.807) is 0 Å². The lowest BCUT2D eigenvalue weighted by atomic mass is 9.98. The molecule has 3 aromatic rings. The van der Waals surface area contributed by atoms with Crippen LogP contribution in [0.4, 0.5) is 10.5 Å². The molecule has 0 radical (unpaired) electrons. The molecule has 2 heterocycles. The molecule has 35 heavy (non-hydrogen) atoms. The zero-order chi connectivity index (χ0) is 24.8. The van der Waals surface area contributed by atoms with Crippen molar-refractivity contribution in [1.29, 1.82) is 5.26 Å². The first-order valence-electron chi connectivity index (χ1n) is 12.1. The number of ether oxygens (including phenoxy) is 1. The quantitative estimate of drug-likeness (QED) is 0.515. The monoisotopic (exact) mass is 471 g/mol. The molecule has 0 spiro atoms. The molecule has 0 atom stereocenters. The first kappa shape index (κ1) is 24.5. The number of anilines is 1. The van der Waals surface area contributed by atoms with Gasteiger partial charge in [0, 0.05) is 55.7 Å². The van der Waals surface area contributed by atoms with E-state index in [1.165, 1.54) is 0 Å². The normalized spacial score (nSPS) is 14.9. The van der Waals surface area contributed by atoms with Gasteiger partial charge in [-0.25, -0.2) is 4.79 Å². The summed E-state index contributed by atoms with van der Waals surface area (Å²) in [6.45, 7) is 8.91. The van der Waals surface area contributed by atoms with Crippen LogP contribution in [0.3, 0.4) is 0 Å². The highest BCUT2D eigenvalue weighted by atomic mass is 16.6. The minimum Gasteiger partial charge on any atom is -0.444 e. The van der Waals surface area contributed by atoms with Crippen molar-refractivity contribution in [3.8, 4) is 17.2 Å². The van der Waals surface area contributed by atoms with Crippen molar-refractivity contribution in [2.24, 2.45) is 0 Å². The Kier molecular flexibility index (Phi) is 7.52. The lowest BCUT2D eigenvalue weighted by Gasteiger charge is -2.33. The van der Waals surface area contributed by atoms with E-state index in [-0.39, 0.29) is 6.09 Å². The van der Waals surface area contributed by atoms with Gasteiger partial charge in [0.25, 0.3) is 0 Å². The van der Waals surface area contributed by atoms with Crippen molar-refractivity contribution < 1.29 is 9.53 Å². The highest BCUT2D eigenvalue weighted by molar-refractivity contribution is 5.97. The van der Waals surface area contributed by atoms with E-state index in [2.05, 4.69) is 38.7 Å². The van der Waals surface area contributed by atoms with Crippen molar-refractivity contribution >= 4 is 22.6 Å². The smallest absolute Gasteiger partial charge is 0.407 e. The van der Waals surface area contributed by atoms with Crippen LogP contribution in [0.15, 0.2) is 54.9 Å². The molecule has 0 unspecified atom stereocenters. The molecule has 1 saturated heterocycles. The molecule has 182 valence electrons. The number of pyridine rings is 1. The van der Waals surface area contributed by atoms with Gasteiger partial charge in [-0.1, -0.05) is 12.1 Å². The van der Waals surface area contributed by atoms with Crippen LogP contribution in [0.1, 0.15) is 39.2 Å². The summed E-state index contributed by atoms with van der Waals surface area (Å²) in [7, 11) is 0. The van der Waals surface area contributed by atoms with Crippen molar-refractivity contribution in [3.05, 3.63) is 60.4 Å². The molecule has 0 aliphatic carbocycles. The number of benzene rings is 2. The zero-order valence-corrected chi connectivity index (χ0v) is 20.7. The Bertz CT molecular complexity index is 1220. The number of hydrogen-bond donors (Lipinski definition) is 2. The Morgan fingerprint density at radius 1 is 1.17 bits per heavy atom. The molecule has 1 amide bonds. The van der Waals surface area contributed by atoms with Gasteiger partial charge in [0.1, 0.15) is 5.60 Å². The molecular weight excluding hydrogens is 438 g/mol. The van der Waals surface area contributed by atoms with Gasteiger partial charge in [-0.05, 0) is 80.5 Å². The summed E-state index contributed by atoms with van der Waals surface area (Å²) in [5.74, 6) is 0. The third kappa shape index (κ3) is 6.71. The summed E-state index contributed by atoms with van der Waals surface area (Å²) < 4.78 is 5.30. The number of hydrogen-bond acceptors (Lipinski definition) is 6. The van der Waals surface area contributed by atoms with E-state index in [4.69, 9.17) is 4.74 Å². The maximum absolute atomic E-state index is 11.8. The number of nitrogens with zero attached hydrogens (tertiary/aromatic N) is 3. The van der Waals surface area contributed by atoms with Gasteiger partial charge in [-0.2, -0.15) is 5.26 Å². The summed E-state index contributed by atoms with van der Waals surface area (Å²) in [4.78, 5) is 18.6. The second-order valence-corrected chi connectivity index (χ2v) is 10.0. The molecule has 1 fully saturated rings. The van der Waals surface area contributed by atoms with Gasteiger partial charge in [0.2, 0.25) is 0 Å². The summed E-state index contributed by atoms with van der Waals surface area (Å²) in [5, 5.41) is 18.1. The molecule has 1 aliphatic heterocycles. The second-order valence-electron chi connectivity index (χ2n) is 10.0. The van der Waals surface area contributed by atoms with Crippen LogP contribution in [0, 0.1) is 11.3 Å². The second kappa shape index (κ2) is 10.7. The molecule has 1 aliphatic rings. The standard InChI is InChI=1S/C28H33N5O2/c1-28(2,3)35-27(34)31-11-14-33-12-8-24(9-13-33)32-26-17-23(16-22-7-10-30-19-25(22)26)21-6-4-5-20(15-21)18-29/h4-7,10,15-17,19,24,32H,8-9,11-14H2,1-3H3,(H,31,34). The molecule has 1 aromatic heterocycles. The van der Waals surface area contributed by atoms with Crippen LogP contribution in [0.2, 0.25) is 0 Å². The largest absolute Gasteiger partial charge is 0.444 e. The SMILES string of the molecule is CC(C)(C)OC(=O)NCCN1CCC(Nc2cc(-c3cccc(C#N)c3)cc3ccncc23)CC1. The lowest BCUT2D eigenvalue weighted by molar-refractivity contribution is 0.0520. The average molecular weight is 472 g/mol. The van der Waals surface area contributed by atoms with E-state index >= 15 is 0 Å². The minimum absolute atomic E-state index is 0.356. The molecule has 2 N–H and O–H groups in total. The van der Waals surface area contributed by atoms with Crippen molar-refractivity contribution in [2.75, 3.05) is 31.5 Å². The van der Waals surface area contributed by atoms with Crippen LogP contribution in [0.5, 0.6) is 0 Å². The minimum atomic E-state index is -0.483. The van der Waals surface area contributed by atoms with E-state index < -0.39 is 5.60 Å². The van der Waals surface area contributed by atoms with Crippen LogP contribution < -0.4 is 10.6 Å². The number of alkyl carbamates (subject to hydrolysis) is 1. The molecule has 7 heteroatoms. The number of aromatic nitrogens is 1. The number of amides is 1. The maximum Gasteiger partial charge on any atom is 0.407 e. The Morgan fingerprint density at radius 3 is 2.71 bits per heavy atom. The number of carbonyl (C=O) groups is 1. The number of rotatable bonds is 6. The number of fused-ring (bicyclic) bond motifs is 1. The predicted molar refractivity (Wildman–Crippen MR) is 139 cm³/mol. The average Bonchev–Trinajstić information content (AvgIpc) is 2.84. The fraction of sp³-hybridized carbons (Fsp3) is 0.393. The van der Waals surface area contributed by atoms with Gasteiger partial charge >= 0.3 is 6.09 Å². The topological polar surface area (TPSA) is 90.3 Å². The third-order valence-electron chi connectivity index (χ3n) is 6.12. The zero-order valence-electron chi connectivity index (χ0n) is 20.7. The van der Waals surface area contributed by atoms with E-state index in [0.29, 0.717) is 18.2 Å². The molecule has 0 saturated carbocycles. The Morgan fingerprint density at radius 2 is 1.97 bits per heavy atom. The van der Waals surface area contributed by atoms with Crippen LogP contribution >= 0.6 is 0 Å². The highest BCUT2D eigenvalue weighted by Crippen LogP contribution is 2.32. The van der Waals surface area contributed by atoms with E-state index in [0.717, 1.165) is 60.1 Å². The van der Waals surface area contributed by atoms with Crippen molar-refractivity contribution in [2.45, 2.75) is 45.3 Å². The molecule has 0 bridgehead atoms. The van der Waals surface area contributed by atoms with Gasteiger partial charge in [0.15, 0.2) is 0 Å². The number of nitriles is 1. The van der Waals surface area contributed by atoms with Crippen LogP contribution in [-0.4, -0.2) is 53.8 Å². The fourth-order valence-corrected chi connectivity index (χ4v) is 4.40. The Balaban J connectivity index is 1.39. The van der Waals surface area contributed by atoms with Crippen LogP contribution in [-0.2, 0) is 4.74 Å². The number of piperidine rings is 1. The summed E-state index contributed by atoms with van der Waals surface area (Å²) in [6, 6.07) is 16.6. The van der Waals surface area contributed by atoms with Gasteiger partial charge in [-0.15, -0.1) is 0 Å². The predicted octanol–water partition coefficient (Wildman–Crippen LogP) is 5.17. The lowest BCUT2D eigenvalue weighted by Crippen LogP contribution is -2.43. The third-order valence-corrected chi connectivity index (χ3v) is 6.12. The summed E-state index contributed by atoms with van der Waals surface area (Å²) >= 11 is 0. The molecular formula is C28H33N5O2. The number of likely N-dealkylation sites (tertiary alicyclic amines) is 1. The van der Waals surface area contributed by atoms with Gasteiger partial charge < -0.3 is 20.3 Å². The summed E-state index contributed by atoms with van der Waals surface area (Å²) in [6.07, 6.45) is 5.38.